The van der Waals surface area contributed by atoms with Crippen LogP contribution in [0, 0.1) is 97.9 Å². The third-order valence-corrected chi connectivity index (χ3v) is 18.5. The fourth-order valence-electron chi connectivity index (χ4n) is 11.8. The molecule has 0 radical (unpaired) electrons. The van der Waals surface area contributed by atoms with E-state index in [-0.39, 0.29) is 54.8 Å². The first-order valence-corrected chi connectivity index (χ1v) is 34.5. The van der Waals surface area contributed by atoms with E-state index in [4.69, 9.17) is 37.9 Å². The second-order valence-corrected chi connectivity index (χ2v) is 26.0. The van der Waals surface area contributed by atoms with Crippen molar-refractivity contribution in [2.45, 2.75) is 152 Å². The largest absolute Gasteiger partial charge is 0.348 e. The highest BCUT2D eigenvalue weighted by atomic mass is 19.2. The number of hydrogen-bond acceptors (Lipinski definition) is 8. The van der Waals surface area contributed by atoms with Crippen molar-refractivity contribution >= 4 is 0 Å². The molecule has 0 saturated carbocycles. The van der Waals surface area contributed by atoms with Crippen molar-refractivity contribution in [3.8, 4) is 44.5 Å². The number of rotatable bonds is 18. The molecule has 8 nitrogen and oxygen atoms in total. The van der Waals surface area contributed by atoms with Crippen molar-refractivity contribution in [3.05, 3.63) is 237 Å². The van der Waals surface area contributed by atoms with Crippen molar-refractivity contribution in [2.24, 2.45) is 23.7 Å². The Morgan fingerprint density at radius 3 is 0.687 bits per heavy atom. The van der Waals surface area contributed by atoms with Gasteiger partial charge in [-0.15, -0.1) is 0 Å². The Balaban J connectivity index is 0.000000168. The van der Waals surface area contributed by atoms with Crippen LogP contribution in [0.4, 0.5) is 35.1 Å². The normalized spacial score (nSPS) is 20.6. The number of unbranched alkanes of at least 4 members (excludes halogenated alkanes) is 3. The van der Waals surface area contributed by atoms with E-state index in [2.05, 4.69) is 27.7 Å². The molecule has 0 aromatic heterocycles. The Bertz CT molecular complexity index is 3690. The van der Waals surface area contributed by atoms with Gasteiger partial charge in [-0.25, -0.2) is 35.1 Å². The molecule has 0 spiro atoms. The molecule has 4 saturated heterocycles. The molecule has 4 heterocycles. The molecule has 0 bridgehead atoms. The van der Waals surface area contributed by atoms with Crippen LogP contribution >= 0.6 is 0 Å². The van der Waals surface area contributed by atoms with Gasteiger partial charge in [-0.05, 0) is 146 Å². The second-order valence-electron chi connectivity index (χ2n) is 26.0. The van der Waals surface area contributed by atoms with E-state index >= 15 is 0 Å². The third-order valence-electron chi connectivity index (χ3n) is 18.5. The first-order valence-electron chi connectivity index (χ1n) is 34.5. The molecule has 16 heteroatoms. The van der Waals surface area contributed by atoms with Crippen LogP contribution in [0.25, 0.3) is 44.5 Å². The smallest absolute Gasteiger partial charge is 0.183 e. The van der Waals surface area contributed by atoms with E-state index in [1.54, 1.807) is 0 Å². The molecule has 0 unspecified atom stereocenters. The zero-order valence-electron chi connectivity index (χ0n) is 57.5. The molecular formula is C83H96F8O8. The van der Waals surface area contributed by atoms with Crippen LogP contribution < -0.4 is 0 Å². The van der Waals surface area contributed by atoms with E-state index in [0.29, 0.717) is 98.8 Å². The summed E-state index contributed by atoms with van der Waals surface area (Å²) in [4.78, 5) is 0. The highest BCUT2D eigenvalue weighted by molar-refractivity contribution is 5.67. The monoisotopic (exact) mass is 1370 g/mol. The van der Waals surface area contributed by atoms with Gasteiger partial charge in [0, 0.05) is 68.2 Å². The van der Waals surface area contributed by atoms with Crippen molar-refractivity contribution in [1.82, 2.24) is 0 Å². The average molecular weight is 1370 g/mol. The van der Waals surface area contributed by atoms with E-state index < -0.39 is 46.5 Å². The first kappa shape index (κ1) is 77.6. The Labute approximate surface area is 580 Å². The van der Waals surface area contributed by atoms with Crippen LogP contribution in [0.2, 0.25) is 0 Å². The number of benzene rings is 8. The lowest BCUT2D eigenvalue weighted by Crippen LogP contribution is -2.27. The summed E-state index contributed by atoms with van der Waals surface area (Å²) in [6.07, 6.45) is 10.2. The summed E-state index contributed by atoms with van der Waals surface area (Å²) in [6, 6.07) is 40.7. The van der Waals surface area contributed by atoms with Crippen molar-refractivity contribution in [2.75, 3.05) is 52.9 Å². The van der Waals surface area contributed by atoms with Gasteiger partial charge in [0.1, 0.15) is 46.5 Å². The van der Waals surface area contributed by atoms with Gasteiger partial charge in [-0.3, -0.25) is 0 Å². The predicted molar refractivity (Wildman–Crippen MR) is 374 cm³/mol. The van der Waals surface area contributed by atoms with E-state index in [1.807, 2.05) is 97.1 Å². The second kappa shape index (κ2) is 38.1. The Morgan fingerprint density at radius 2 is 0.475 bits per heavy atom. The SMILES string of the molecule is C.CCC1COC(c2ccc(-c3cc(F)c(C)c(F)c3)cc2)OC1.CCCC1COC(c2ccc(-c3cc(F)c(C)c(F)c3)cc2)OC1.CCCCC1COC(c2ccc(-c3cc(F)c(C)c(F)c3)cc2)OC1.CCCCCC1COC(c2ccc(-c3cc(F)c(C)c(F)c3)cc2)OC1. The highest BCUT2D eigenvalue weighted by Gasteiger charge is 2.28. The minimum Gasteiger partial charge on any atom is -0.348 e. The first-order chi connectivity index (χ1) is 47.3. The molecule has 0 N–H and O–H groups in total. The minimum absolute atomic E-state index is 0. The van der Waals surface area contributed by atoms with Crippen molar-refractivity contribution in [1.29, 1.82) is 0 Å². The fraction of sp³-hybridized carbons (Fsp3) is 0.422. The predicted octanol–water partition coefficient (Wildman–Crippen LogP) is 23.0. The molecule has 12 rings (SSSR count). The van der Waals surface area contributed by atoms with Gasteiger partial charge >= 0.3 is 0 Å². The summed E-state index contributed by atoms with van der Waals surface area (Å²) in [6.45, 7) is 20.0. The molecule has 4 aliphatic rings. The van der Waals surface area contributed by atoms with Gasteiger partial charge in [0.2, 0.25) is 0 Å². The Kier molecular flexibility index (Phi) is 29.8. The summed E-state index contributed by atoms with van der Waals surface area (Å²) in [5, 5.41) is 0. The van der Waals surface area contributed by atoms with Crippen LogP contribution in [0.5, 0.6) is 0 Å². The maximum atomic E-state index is 13.8. The highest BCUT2D eigenvalue weighted by Crippen LogP contribution is 2.36. The van der Waals surface area contributed by atoms with Gasteiger partial charge in [0.15, 0.2) is 25.2 Å². The van der Waals surface area contributed by atoms with E-state index in [9.17, 15) is 35.1 Å². The lowest BCUT2D eigenvalue weighted by molar-refractivity contribution is -0.206. The van der Waals surface area contributed by atoms with Crippen LogP contribution in [0.15, 0.2) is 146 Å². The van der Waals surface area contributed by atoms with E-state index in [1.165, 1.54) is 108 Å². The number of hydrogen-bond donors (Lipinski definition) is 0. The molecule has 4 fully saturated rings. The minimum atomic E-state index is -0.534. The maximum absolute atomic E-state index is 13.8. The summed E-state index contributed by atoms with van der Waals surface area (Å²) in [5.74, 6) is -2.41. The zero-order valence-corrected chi connectivity index (χ0v) is 57.5. The molecular weight excluding hydrogens is 1280 g/mol. The van der Waals surface area contributed by atoms with Gasteiger partial charge < -0.3 is 37.9 Å². The van der Waals surface area contributed by atoms with Crippen molar-refractivity contribution in [3.63, 3.8) is 0 Å². The third kappa shape index (κ3) is 21.5. The molecule has 4 aliphatic heterocycles. The molecule has 99 heavy (non-hydrogen) atoms. The standard InChI is InChI=1S/C22H26F2O2.C21H24F2O2.C20H22F2O2.C19H20F2O2.CH4/c1-3-4-5-6-16-13-25-22(26-14-16)18-9-7-17(8-10-18)19-11-20(23)15(2)21(24)12-19;1-3-4-5-15-12-24-21(25-13-15)17-8-6-16(7-9-17)18-10-19(22)14(2)20(23)11-18;1-3-4-14-11-23-20(24-12-14)16-7-5-15(6-8-16)17-9-18(21)13(2)19(22)10-17;1-3-13-10-22-19(23-11-13)15-6-4-14(5-7-15)16-8-17(20)12(2)18(21)9-16;/h7-12,16,22H,3-6,13-14H2,1-2H3;6-11,15,21H,3-5,12-13H2,1-2H3;5-10,14,20H,3-4,11-12H2,1-2H3;4-9,13,19H,3,10-11H2,1-2H3;1H4. The van der Waals surface area contributed by atoms with Gasteiger partial charge in [0.05, 0.1) is 52.9 Å². The van der Waals surface area contributed by atoms with Crippen LogP contribution in [0.3, 0.4) is 0 Å². The summed E-state index contributed by atoms with van der Waals surface area (Å²) < 4.78 is 156. The zero-order chi connectivity index (χ0) is 69.8. The van der Waals surface area contributed by atoms with Gasteiger partial charge in [-0.2, -0.15) is 0 Å². The van der Waals surface area contributed by atoms with Crippen LogP contribution in [-0.2, 0) is 37.9 Å². The molecule has 0 aliphatic carbocycles. The molecule has 0 amide bonds. The van der Waals surface area contributed by atoms with Gasteiger partial charge in [0.25, 0.3) is 0 Å². The van der Waals surface area contributed by atoms with E-state index in [0.717, 1.165) is 76.6 Å². The Hall–Kier alpha value is -7.12. The summed E-state index contributed by atoms with van der Waals surface area (Å²) in [7, 11) is 0. The number of halogens is 8. The molecule has 532 valence electrons. The Morgan fingerprint density at radius 1 is 0.263 bits per heavy atom. The molecule has 8 aromatic carbocycles. The topological polar surface area (TPSA) is 73.8 Å². The number of ether oxygens (including phenoxy) is 8. The van der Waals surface area contributed by atoms with Crippen LogP contribution in [0.1, 0.15) is 169 Å². The lowest BCUT2D eigenvalue weighted by Gasteiger charge is -2.29. The average Bonchev–Trinajstić information content (AvgIpc) is 0.843. The lowest BCUT2D eigenvalue weighted by atomic mass is 10.0. The molecule has 8 aromatic rings. The summed E-state index contributed by atoms with van der Waals surface area (Å²) in [5.41, 5.74) is 8.99. The fourth-order valence-corrected chi connectivity index (χ4v) is 11.8. The van der Waals surface area contributed by atoms with Crippen LogP contribution in [-0.4, -0.2) is 52.9 Å². The van der Waals surface area contributed by atoms with Gasteiger partial charge in [-0.1, -0.05) is 171 Å². The quantitative estimate of drug-likeness (QED) is 0.0621. The molecule has 0 atom stereocenters. The van der Waals surface area contributed by atoms with Crippen molar-refractivity contribution < 1.29 is 73.0 Å². The maximum Gasteiger partial charge on any atom is 0.183 e. The summed E-state index contributed by atoms with van der Waals surface area (Å²) >= 11 is 0.